The van der Waals surface area contributed by atoms with Crippen molar-refractivity contribution < 1.29 is 14.3 Å². The zero-order valence-electron chi connectivity index (χ0n) is 13.6. The summed E-state index contributed by atoms with van der Waals surface area (Å²) in [7, 11) is 0. The number of aromatic nitrogens is 3. The lowest BCUT2D eigenvalue weighted by Gasteiger charge is -2.04. The molecule has 0 aliphatic rings. The van der Waals surface area contributed by atoms with Gasteiger partial charge >= 0.3 is 0 Å². The zero-order valence-corrected chi connectivity index (χ0v) is 13.6. The number of nitrogens with zero attached hydrogens (tertiary/aromatic N) is 3. The van der Waals surface area contributed by atoms with Crippen molar-refractivity contribution >= 4 is 5.91 Å². The summed E-state index contributed by atoms with van der Waals surface area (Å²) in [6.45, 7) is 1.91. The molecule has 0 radical (unpaired) electrons. The number of aliphatic hydroxyl groups is 1. The maximum atomic E-state index is 13.0. The standard InChI is InChI=1S/C18H17FN4O2/c1-12-2-4-13(5-3-12)10-20-18(25)17-16(11-24)21-23(22-17)15-8-6-14(19)7-9-15/h2-9,24H,10-11H2,1H3,(H,20,25). The van der Waals surface area contributed by atoms with E-state index in [0.29, 0.717) is 12.2 Å². The first-order chi connectivity index (χ1) is 12.1. The summed E-state index contributed by atoms with van der Waals surface area (Å²) in [6, 6.07) is 13.3. The molecule has 2 N–H and O–H groups in total. The van der Waals surface area contributed by atoms with Crippen LogP contribution in [-0.2, 0) is 13.2 Å². The number of aryl methyl sites for hydroxylation is 1. The summed E-state index contributed by atoms with van der Waals surface area (Å²) in [6.07, 6.45) is 0. The first-order valence-corrected chi connectivity index (χ1v) is 7.73. The average molecular weight is 340 g/mol. The van der Waals surface area contributed by atoms with E-state index < -0.39 is 12.5 Å². The molecule has 0 spiro atoms. The van der Waals surface area contributed by atoms with Gasteiger partial charge in [-0.05, 0) is 36.8 Å². The number of halogens is 1. The molecule has 3 aromatic rings. The number of amides is 1. The van der Waals surface area contributed by atoms with Gasteiger partial charge in [0, 0.05) is 6.54 Å². The van der Waals surface area contributed by atoms with E-state index in [1.807, 2.05) is 31.2 Å². The normalized spacial score (nSPS) is 10.7. The summed E-state index contributed by atoms with van der Waals surface area (Å²) in [5.74, 6) is -0.813. The molecular weight excluding hydrogens is 323 g/mol. The molecule has 25 heavy (non-hydrogen) atoms. The summed E-state index contributed by atoms with van der Waals surface area (Å²) in [5.41, 5.74) is 2.79. The van der Waals surface area contributed by atoms with Crippen molar-refractivity contribution in [3.8, 4) is 5.69 Å². The third-order valence-corrected chi connectivity index (χ3v) is 3.68. The molecule has 2 aromatic carbocycles. The second-order valence-electron chi connectivity index (χ2n) is 5.59. The Labute approximate surface area is 143 Å². The Hall–Kier alpha value is -3.06. The molecule has 0 saturated carbocycles. The van der Waals surface area contributed by atoms with E-state index in [0.717, 1.165) is 11.1 Å². The summed E-state index contributed by atoms with van der Waals surface area (Å²) in [5, 5.41) is 20.4. The smallest absolute Gasteiger partial charge is 0.274 e. The number of carbonyl (C=O) groups excluding carboxylic acids is 1. The van der Waals surface area contributed by atoms with Gasteiger partial charge in [-0.25, -0.2) is 4.39 Å². The lowest BCUT2D eigenvalue weighted by atomic mass is 10.1. The minimum atomic E-state index is -0.432. The highest BCUT2D eigenvalue weighted by molar-refractivity contribution is 5.93. The molecule has 0 unspecified atom stereocenters. The lowest BCUT2D eigenvalue weighted by molar-refractivity contribution is 0.0942. The van der Waals surface area contributed by atoms with E-state index >= 15 is 0 Å². The second-order valence-corrected chi connectivity index (χ2v) is 5.59. The van der Waals surface area contributed by atoms with Crippen LogP contribution in [0, 0.1) is 12.7 Å². The van der Waals surface area contributed by atoms with Gasteiger partial charge in [0.25, 0.3) is 5.91 Å². The average Bonchev–Trinajstić information content (AvgIpc) is 3.06. The Bertz CT molecular complexity index is 873. The van der Waals surface area contributed by atoms with Crippen molar-refractivity contribution in [2.24, 2.45) is 0 Å². The highest BCUT2D eigenvalue weighted by Crippen LogP contribution is 2.11. The maximum absolute atomic E-state index is 13.0. The Morgan fingerprint density at radius 1 is 1.12 bits per heavy atom. The molecule has 0 fully saturated rings. The van der Waals surface area contributed by atoms with Gasteiger partial charge in [0.2, 0.25) is 0 Å². The Morgan fingerprint density at radius 2 is 1.80 bits per heavy atom. The van der Waals surface area contributed by atoms with Crippen molar-refractivity contribution in [1.29, 1.82) is 0 Å². The number of hydrogen-bond donors (Lipinski definition) is 2. The number of nitrogens with one attached hydrogen (secondary N) is 1. The first-order valence-electron chi connectivity index (χ1n) is 7.73. The number of carbonyl (C=O) groups is 1. The fourth-order valence-corrected chi connectivity index (χ4v) is 2.28. The quantitative estimate of drug-likeness (QED) is 0.746. The third kappa shape index (κ3) is 3.89. The Kier molecular flexibility index (Phi) is 4.85. The van der Waals surface area contributed by atoms with E-state index in [1.165, 1.54) is 29.1 Å². The van der Waals surface area contributed by atoms with Gasteiger partial charge in [-0.3, -0.25) is 4.79 Å². The predicted molar refractivity (Wildman–Crippen MR) is 89.6 cm³/mol. The van der Waals surface area contributed by atoms with Crippen LogP contribution in [0.5, 0.6) is 0 Å². The van der Waals surface area contributed by atoms with E-state index in [2.05, 4.69) is 15.5 Å². The van der Waals surface area contributed by atoms with Gasteiger partial charge in [0.1, 0.15) is 11.5 Å². The van der Waals surface area contributed by atoms with E-state index in [4.69, 9.17) is 0 Å². The summed E-state index contributed by atoms with van der Waals surface area (Å²) in [4.78, 5) is 13.6. The molecule has 1 heterocycles. The highest BCUT2D eigenvalue weighted by Gasteiger charge is 2.18. The van der Waals surface area contributed by atoms with Crippen LogP contribution < -0.4 is 5.32 Å². The van der Waals surface area contributed by atoms with Crippen LogP contribution in [0.1, 0.15) is 27.3 Å². The molecule has 0 saturated heterocycles. The van der Waals surface area contributed by atoms with Gasteiger partial charge in [-0.2, -0.15) is 4.80 Å². The van der Waals surface area contributed by atoms with E-state index in [9.17, 15) is 14.3 Å². The van der Waals surface area contributed by atoms with Crippen LogP contribution >= 0.6 is 0 Å². The zero-order chi connectivity index (χ0) is 17.8. The number of rotatable bonds is 5. The fourth-order valence-electron chi connectivity index (χ4n) is 2.28. The summed E-state index contributed by atoms with van der Waals surface area (Å²) >= 11 is 0. The van der Waals surface area contributed by atoms with Crippen molar-refractivity contribution in [2.45, 2.75) is 20.1 Å². The van der Waals surface area contributed by atoms with E-state index in [-0.39, 0.29) is 17.2 Å². The Morgan fingerprint density at radius 3 is 2.44 bits per heavy atom. The van der Waals surface area contributed by atoms with Crippen LogP contribution in [0.2, 0.25) is 0 Å². The molecule has 3 rings (SSSR count). The highest BCUT2D eigenvalue weighted by atomic mass is 19.1. The first kappa shape index (κ1) is 16.8. The molecular formula is C18H17FN4O2. The molecule has 1 amide bonds. The van der Waals surface area contributed by atoms with Crippen molar-refractivity contribution in [3.63, 3.8) is 0 Å². The molecule has 0 aliphatic heterocycles. The minimum Gasteiger partial charge on any atom is -0.390 e. The molecule has 128 valence electrons. The van der Waals surface area contributed by atoms with Crippen LogP contribution in [0.4, 0.5) is 4.39 Å². The summed E-state index contributed by atoms with van der Waals surface area (Å²) < 4.78 is 13.0. The SMILES string of the molecule is Cc1ccc(CNC(=O)c2nn(-c3ccc(F)cc3)nc2CO)cc1. The number of hydrogen-bond acceptors (Lipinski definition) is 4. The minimum absolute atomic E-state index is 0.0407. The van der Waals surface area contributed by atoms with Crippen LogP contribution in [-0.4, -0.2) is 26.0 Å². The molecule has 0 aliphatic carbocycles. The van der Waals surface area contributed by atoms with E-state index in [1.54, 1.807) is 0 Å². The van der Waals surface area contributed by atoms with Gasteiger partial charge < -0.3 is 10.4 Å². The van der Waals surface area contributed by atoms with Gasteiger partial charge in [-0.15, -0.1) is 10.2 Å². The van der Waals surface area contributed by atoms with Crippen LogP contribution in [0.3, 0.4) is 0 Å². The third-order valence-electron chi connectivity index (χ3n) is 3.68. The van der Waals surface area contributed by atoms with Gasteiger partial charge in [0.05, 0.1) is 12.3 Å². The van der Waals surface area contributed by atoms with Crippen LogP contribution in [0.15, 0.2) is 48.5 Å². The number of benzene rings is 2. The van der Waals surface area contributed by atoms with Crippen molar-refractivity contribution in [1.82, 2.24) is 20.3 Å². The second kappa shape index (κ2) is 7.23. The van der Waals surface area contributed by atoms with Crippen molar-refractivity contribution in [3.05, 3.63) is 76.9 Å². The monoisotopic (exact) mass is 340 g/mol. The molecule has 7 heteroatoms. The maximum Gasteiger partial charge on any atom is 0.274 e. The molecule has 1 aromatic heterocycles. The molecule has 6 nitrogen and oxygen atoms in total. The predicted octanol–water partition coefficient (Wildman–Crippen LogP) is 2.14. The lowest BCUT2D eigenvalue weighted by Crippen LogP contribution is -2.24. The van der Waals surface area contributed by atoms with Crippen molar-refractivity contribution in [2.75, 3.05) is 0 Å². The largest absolute Gasteiger partial charge is 0.390 e. The topological polar surface area (TPSA) is 80.0 Å². The van der Waals surface area contributed by atoms with Gasteiger partial charge in [-0.1, -0.05) is 29.8 Å². The number of aliphatic hydroxyl groups excluding tert-OH is 1. The molecule has 0 atom stereocenters. The molecule has 0 bridgehead atoms. The Balaban J connectivity index is 1.77. The fraction of sp³-hybridized carbons (Fsp3) is 0.167. The van der Waals surface area contributed by atoms with Crippen LogP contribution in [0.25, 0.3) is 5.69 Å². The van der Waals surface area contributed by atoms with Gasteiger partial charge in [0.15, 0.2) is 5.69 Å².